The number of rotatable bonds is 10. The van der Waals surface area contributed by atoms with Crippen molar-refractivity contribution in [1.82, 2.24) is 0 Å². The Morgan fingerprint density at radius 1 is 0.815 bits per heavy atom. The number of aliphatic hydroxyl groups excluding tert-OH is 1. The molecule has 0 heterocycles. The third kappa shape index (κ3) is 5.93. The van der Waals surface area contributed by atoms with E-state index in [1.165, 1.54) is 0 Å². The Bertz CT molecular complexity index is 624. The predicted molar refractivity (Wildman–Crippen MR) is 103 cm³/mol. The Balaban J connectivity index is 2.04. The monoisotopic (exact) mass is 378 g/mol. The average molecular weight is 378 g/mol. The van der Waals surface area contributed by atoms with Crippen molar-refractivity contribution in [2.45, 2.75) is 32.3 Å². The lowest BCUT2D eigenvalue weighted by atomic mass is 9.78. The Hall–Kier alpha value is -2.14. The molecule has 0 fully saturated rings. The van der Waals surface area contributed by atoms with E-state index in [1.54, 1.807) is 0 Å². The van der Waals surface area contributed by atoms with Gasteiger partial charge in [-0.2, -0.15) is 0 Å². The van der Waals surface area contributed by atoms with Gasteiger partial charge in [0.15, 0.2) is 0 Å². The molecule has 27 heavy (non-hydrogen) atoms. The first kappa shape index (κ1) is 21.2. The molecule has 0 radical (unpaired) electrons. The lowest BCUT2D eigenvalue weighted by Crippen LogP contribution is -2.20. The summed E-state index contributed by atoms with van der Waals surface area (Å²) in [7, 11) is 0. The summed E-state index contributed by atoms with van der Waals surface area (Å²) < 4.78 is 35.8. The summed E-state index contributed by atoms with van der Waals surface area (Å²) in [6.07, 6.45) is -1.10. The summed E-state index contributed by atoms with van der Waals surface area (Å²) in [6.45, 7) is 5.13. The molecule has 0 saturated heterocycles. The highest BCUT2D eigenvalue weighted by Crippen LogP contribution is 2.33. The van der Waals surface area contributed by atoms with Crippen LogP contribution in [-0.4, -0.2) is 37.8 Å². The summed E-state index contributed by atoms with van der Waals surface area (Å²) >= 11 is 0. The first-order valence-electron chi connectivity index (χ1n) is 9.13. The molecule has 0 bridgehead atoms. The minimum atomic E-state index is -1.10. The largest absolute Gasteiger partial charge is 0.493 e. The molecule has 5 heteroatoms. The van der Waals surface area contributed by atoms with Crippen molar-refractivity contribution in [2.24, 2.45) is 5.92 Å². The SMILES string of the molecule is CC(CF)COc1ccc(C(C)(C)c2ccc(OCC(O)CF)cc2)cc1. The van der Waals surface area contributed by atoms with Crippen molar-refractivity contribution in [3.05, 3.63) is 59.7 Å². The molecular formula is C22H28F2O3. The van der Waals surface area contributed by atoms with E-state index in [9.17, 15) is 13.9 Å². The van der Waals surface area contributed by atoms with Crippen LogP contribution in [-0.2, 0) is 5.41 Å². The molecule has 3 nitrogen and oxygen atoms in total. The molecule has 148 valence electrons. The molecule has 0 aliphatic carbocycles. The Morgan fingerprint density at radius 3 is 1.67 bits per heavy atom. The normalized spacial score (nSPS) is 13.9. The quantitative estimate of drug-likeness (QED) is 0.651. The van der Waals surface area contributed by atoms with Crippen LogP contribution >= 0.6 is 0 Å². The number of hydrogen-bond acceptors (Lipinski definition) is 3. The maximum Gasteiger partial charge on any atom is 0.119 e. The zero-order valence-electron chi connectivity index (χ0n) is 16.1. The second-order valence-corrected chi connectivity index (χ2v) is 7.36. The van der Waals surface area contributed by atoms with E-state index >= 15 is 0 Å². The summed E-state index contributed by atoms with van der Waals surface area (Å²) in [5, 5.41) is 9.23. The molecule has 2 rings (SSSR count). The zero-order valence-corrected chi connectivity index (χ0v) is 16.1. The van der Waals surface area contributed by atoms with Gasteiger partial charge < -0.3 is 14.6 Å². The number of benzene rings is 2. The second-order valence-electron chi connectivity index (χ2n) is 7.36. The Kier molecular flexibility index (Phi) is 7.60. The van der Waals surface area contributed by atoms with Crippen LogP contribution < -0.4 is 9.47 Å². The van der Waals surface area contributed by atoms with Crippen LogP contribution in [0.15, 0.2) is 48.5 Å². The smallest absolute Gasteiger partial charge is 0.119 e. The number of ether oxygens (including phenoxy) is 2. The van der Waals surface area contributed by atoms with E-state index in [4.69, 9.17) is 9.47 Å². The van der Waals surface area contributed by atoms with Crippen molar-refractivity contribution in [2.75, 3.05) is 26.6 Å². The first-order chi connectivity index (χ1) is 12.9. The highest BCUT2D eigenvalue weighted by Gasteiger charge is 2.23. The highest BCUT2D eigenvalue weighted by atomic mass is 19.1. The molecule has 2 aromatic rings. The summed E-state index contributed by atoms with van der Waals surface area (Å²) in [5.74, 6) is 1.20. The van der Waals surface area contributed by atoms with E-state index in [0.717, 1.165) is 16.9 Å². The molecule has 0 spiro atoms. The molecule has 0 saturated carbocycles. The summed E-state index contributed by atoms with van der Waals surface area (Å²) in [4.78, 5) is 0. The van der Waals surface area contributed by atoms with Gasteiger partial charge in [0.05, 0.1) is 13.3 Å². The summed E-state index contributed by atoms with van der Waals surface area (Å²) in [5.41, 5.74) is 1.98. The van der Waals surface area contributed by atoms with Gasteiger partial charge in [-0.1, -0.05) is 45.0 Å². The van der Waals surface area contributed by atoms with Gasteiger partial charge in [-0.3, -0.25) is 4.39 Å². The van der Waals surface area contributed by atoms with E-state index < -0.39 is 19.5 Å². The van der Waals surface area contributed by atoms with Crippen LogP contribution in [0.4, 0.5) is 8.78 Å². The van der Waals surface area contributed by atoms with Gasteiger partial charge >= 0.3 is 0 Å². The van der Waals surface area contributed by atoms with E-state index in [-0.39, 0.29) is 17.9 Å². The third-order valence-electron chi connectivity index (χ3n) is 4.57. The lowest BCUT2D eigenvalue weighted by molar-refractivity contribution is 0.0842. The van der Waals surface area contributed by atoms with Crippen LogP contribution in [0, 0.1) is 5.92 Å². The molecular weight excluding hydrogens is 350 g/mol. The fourth-order valence-electron chi connectivity index (χ4n) is 2.62. The minimum Gasteiger partial charge on any atom is -0.493 e. The molecule has 2 unspecified atom stereocenters. The van der Waals surface area contributed by atoms with Crippen molar-refractivity contribution in [1.29, 1.82) is 0 Å². The topological polar surface area (TPSA) is 38.7 Å². The van der Waals surface area contributed by atoms with Crippen molar-refractivity contribution in [3.63, 3.8) is 0 Å². The molecule has 0 aliphatic rings. The highest BCUT2D eigenvalue weighted by molar-refractivity contribution is 5.41. The van der Waals surface area contributed by atoms with E-state index in [1.807, 2.05) is 55.5 Å². The predicted octanol–water partition coefficient (Wildman–Crippen LogP) is 4.71. The fraction of sp³-hybridized carbons (Fsp3) is 0.455. The van der Waals surface area contributed by atoms with Crippen LogP contribution in [0.2, 0.25) is 0 Å². The molecule has 0 aromatic heterocycles. The van der Waals surface area contributed by atoms with Crippen molar-refractivity contribution >= 4 is 0 Å². The van der Waals surface area contributed by atoms with Gasteiger partial charge in [0.25, 0.3) is 0 Å². The molecule has 0 aliphatic heterocycles. The van der Waals surface area contributed by atoms with Gasteiger partial charge in [0, 0.05) is 11.3 Å². The first-order valence-corrected chi connectivity index (χ1v) is 9.13. The van der Waals surface area contributed by atoms with Crippen molar-refractivity contribution < 1.29 is 23.4 Å². The standard InChI is InChI=1S/C22H28F2O3/c1-16(12-23)14-26-20-8-4-17(5-9-20)22(2,3)18-6-10-21(11-7-18)27-15-19(25)13-24/h4-11,16,19,25H,12-15H2,1-3H3. The summed E-state index contributed by atoms with van der Waals surface area (Å²) in [6, 6.07) is 15.4. The number of aliphatic hydroxyl groups is 1. The fourth-order valence-corrected chi connectivity index (χ4v) is 2.62. The van der Waals surface area contributed by atoms with Crippen LogP contribution in [0.5, 0.6) is 11.5 Å². The number of alkyl halides is 2. The third-order valence-corrected chi connectivity index (χ3v) is 4.57. The molecule has 2 aromatic carbocycles. The number of halogens is 2. The molecule has 0 amide bonds. The van der Waals surface area contributed by atoms with Gasteiger partial charge in [-0.05, 0) is 35.4 Å². The van der Waals surface area contributed by atoms with Crippen LogP contribution in [0.1, 0.15) is 31.9 Å². The Labute approximate surface area is 159 Å². The number of hydrogen-bond donors (Lipinski definition) is 1. The molecule has 2 atom stereocenters. The second kappa shape index (κ2) is 9.70. The maximum atomic E-state index is 12.5. The van der Waals surface area contributed by atoms with Gasteiger partial charge in [-0.25, -0.2) is 4.39 Å². The van der Waals surface area contributed by atoms with Crippen LogP contribution in [0.3, 0.4) is 0 Å². The maximum absolute atomic E-state index is 12.5. The van der Waals surface area contributed by atoms with E-state index in [0.29, 0.717) is 12.4 Å². The van der Waals surface area contributed by atoms with Gasteiger partial charge in [0.1, 0.15) is 30.9 Å². The van der Waals surface area contributed by atoms with Gasteiger partial charge in [0.2, 0.25) is 0 Å². The lowest BCUT2D eigenvalue weighted by Gasteiger charge is -2.26. The Morgan fingerprint density at radius 2 is 1.26 bits per heavy atom. The minimum absolute atomic E-state index is 0.0677. The zero-order chi connectivity index (χ0) is 19.9. The van der Waals surface area contributed by atoms with E-state index in [2.05, 4.69) is 13.8 Å². The average Bonchev–Trinajstić information content (AvgIpc) is 2.70. The van der Waals surface area contributed by atoms with Crippen LogP contribution in [0.25, 0.3) is 0 Å². The van der Waals surface area contributed by atoms with Gasteiger partial charge in [-0.15, -0.1) is 0 Å². The molecule has 1 N–H and O–H groups in total. The van der Waals surface area contributed by atoms with Crippen molar-refractivity contribution in [3.8, 4) is 11.5 Å².